The number of allylic oxidation sites excluding steroid dienone is 2. The van der Waals surface area contributed by atoms with Crippen molar-refractivity contribution in [2.45, 2.75) is 20.1 Å². The first kappa shape index (κ1) is 9.24. The zero-order valence-electron chi connectivity index (χ0n) is 6.85. The second kappa shape index (κ2) is 5.06. The third-order valence-electron chi connectivity index (χ3n) is 1.21. The maximum absolute atomic E-state index is 5.33. The summed E-state index contributed by atoms with van der Waals surface area (Å²) in [5.41, 5.74) is 0. The van der Waals surface area contributed by atoms with Gasteiger partial charge in [-0.1, -0.05) is 6.58 Å². The summed E-state index contributed by atoms with van der Waals surface area (Å²) < 4.78 is 5.33. The first-order valence-electron chi connectivity index (χ1n) is 3.37. The average Bonchev–Trinajstić information content (AvgIpc) is 1.99. The number of nitrogens with one attached hydrogen (secondary N) is 1. The van der Waals surface area contributed by atoms with Crippen LogP contribution in [0.3, 0.4) is 0 Å². The van der Waals surface area contributed by atoms with Crippen molar-refractivity contribution in [2.24, 2.45) is 0 Å². The van der Waals surface area contributed by atoms with E-state index in [0.29, 0.717) is 0 Å². The number of hydrogen-bond donors (Lipinski definition) is 1. The maximum atomic E-state index is 5.33. The molecule has 0 bridgehead atoms. The summed E-state index contributed by atoms with van der Waals surface area (Å²) in [7, 11) is 1.85. The van der Waals surface area contributed by atoms with E-state index < -0.39 is 0 Å². The van der Waals surface area contributed by atoms with E-state index in [0.717, 1.165) is 5.76 Å². The van der Waals surface area contributed by atoms with Gasteiger partial charge in [0.1, 0.15) is 12.0 Å². The van der Waals surface area contributed by atoms with Crippen molar-refractivity contribution in [3.63, 3.8) is 0 Å². The summed E-state index contributed by atoms with van der Waals surface area (Å²) in [5.74, 6) is 0.807. The molecular formula is C8H15NO. The van der Waals surface area contributed by atoms with Crippen LogP contribution in [-0.4, -0.2) is 13.3 Å². The molecule has 0 rings (SSSR count). The lowest BCUT2D eigenvalue weighted by molar-refractivity contribution is 0.118. The van der Waals surface area contributed by atoms with Gasteiger partial charge in [-0.2, -0.15) is 0 Å². The van der Waals surface area contributed by atoms with E-state index in [-0.39, 0.29) is 6.23 Å². The Kier molecular flexibility index (Phi) is 4.67. The first-order chi connectivity index (χ1) is 4.74. The van der Waals surface area contributed by atoms with Gasteiger partial charge in [0.2, 0.25) is 0 Å². The molecule has 0 fully saturated rings. The smallest absolute Gasteiger partial charge is 0.147 e. The third-order valence-corrected chi connectivity index (χ3v) is 1.21. The lowest BCUT2D eigenvalue weighted by atomic mass is 10.4. The van der Waals surface area contributed by atoms with Gasteiger partial charge in [-0.3, -0.25) is 5.32 Å². The van der Waals surface area contributed by atoms with Crippen LogP contribution in [0.2, 0.25) is 0 Å². The van der Waals surface area contributed by atoms with Crippen molar-refractivity contribution in [1.29, 1.82) is 0 Å². The zero-order chi connectivity index (χ0) is 7.98. The van der Waals surface area contributed by atoms with Crippen molar-refractivity contribution >= 4 is 0 Å². The molecule has 0 aliphatic carbocycles. The number of hydrogen-bond acceptors (Lipinski definition) is 2. The van der Waals surface area contributed by atoms with Crippen molar-refractivity contribution in [3.05, 3.63) is 24.5 Å². The Morgan fingerprint density at radius 1 is 1.70 bits per heavy atom. The highest BCUT2D eigenvalue weighted by atomic mass is 16.5. The van der Waals surface area contributed by atoms with Crippen LogP contribution in [0.25, 0.3) is 0 Å². The molecule has 0 aromatic rings. The minimum absolute atomic E-state index is 0.0456. The Morgan fingerprint density at radius 3 is 2.60 bits per heavy atom. The van der Waals surface area contributed by atoms with Gasteiger partial charge in [0.05, 0.1) is 0 Å². The van der Waals surface area contributed by atoms with Crippen molar-refractivity contribution in [2.75, 3.05) is 7.05 Å². The largest absolute Gasteiger partial charge is 0.476 e. The molecule has 0 aliphatic heterocycles. The Balaban J connectivity index is 3.75. The van der Waals surface area contributed by atoms with Crippen molar-refractivity contribution < 1.29 is 4.74 Å². The SMILES string of the molecule is C=C/C(=C/C)OC(C)NC. The van der Waals surface area contributed by atoms with E-state index in [1.807, 2.05) is 27.0 Å². The van der Waals surface area contributed by atoms with Crippen LogP contribution >= 0.6 is 0 Å². The fourth-order valence-electron chi connectivity index (χ4n) is 0.497. The summed E-state index contributed by atoms with van der Waals surface area (Å²) >= 11 is 0. The molecular weight excluding hydrogens is 126 g/mol. The van der Waals surface area contributed by atoms with Crippen LogP contribution < -0.4 is 5.32 Å². The molecule has 2 heteroatoms. The third kappa shape index (κ3) is 3.30. The van der Waals surface area contributed by atoms with E-state index in [9.17, 15) is 0 Å². The topological polar surface area (TPSA) is 21.3 Å². The number of ether oxygens (including phenoxy) is 1. The molecule has 0 amide bonds. The molecule has 0 heterocycles. The van der Waals surface area contributed by atoms with Crippen LogP contribution in [-0.2, 0) is 4.74 Å². The average molecular weight is 141 g/mol. The lowest BCUT2D eigenvalue weighted by Gasteiger charge is -2.13. The highest BCUT2D eigenvalue weighted by Crippen LogP contribution is 2.00. The monoisotopic (exact) mass is 141 g/mol. The summed E-state index contributed by atoms with van der Waals surface area (Å²) in [6, 6.07) is 0. The van der Waals surface area contributed by atoms with Gasteiger partial charge in [0.15, 0.2) is 0 Å². The summed E-state index contributed by atoms with van der Waals surface area (Å²) in [4.78, 5) is 0. The second-order valence-corrected chi connectivity index (χ2v) is 1.94. The minimum atomic E-state index is 0.0456. The highest BCUT2D eigenvalue weighted by Gasteiger charge is 1.96. The van der Waals surface area contributed by atoms with Crippen molar-refractivity contribution in [3.8, 4) is 0 Å². The molecule has 0 radical (unpaired) electrons. The second-order valence-electron chi connectivity index (χ2n) is 1.94. The van der Waals surface area contributed by atoms with Crippen LogP contribution in [0, 0.1) is 0 Å². The summed E-state index contributed by atoms with van der Waals surface area (Å²) in [6.07, 6.45) is 3.61. The molecule has 0 saturated carbocycles. The van der Waals surface area contributed by atoms with E-state index >= 15 is 0 Å². The molecule has 1 atom stereocenters. The van der Waals surface area contributed by atoms with E-state index in [1.165, 1.54) is 0 Å². The first-order valence-corrected chi connectivity index (χ1v) is 3.37. The molecule has 1 unspecified atom stereocenters. The molecule has 0 saturated heterocycles. The Morgan fingerprint density at radius 2 is 2.30 bits per heavy atom. The molecule has 1 N–H and O–H groups in total. The summed E-state index contributed by atoms with van der Waals surface area (Å²) in [6.45, 7) is 7.45. The van der Waals surface area contributed by atoms with Gasteiger partial charge >= 0.3 is 0 Å². The fourth-order valence-corrected chi connectivity index (χ4v) is 0.497. The molecule has 58 valence electrons. The molecule has 2 nitrogen and oxygen atoms in total. The van der Waals surface area contributed by atoms with Crippen LogP contribution in [0.4, 0.5) is 0 Å². The van der Waals surface area contributed by atoms with E-state index in [4.69, 9.17) is 4.74 Å². The molecule has 0 aliphatic rings. The maximum Gasteiger partial charge on any atom is 0.147 e. The lowest BCUT2D eigenvalue weighted by Crippen LogP contribution is -2.23. The standard InChI is InChI=1S/C8H15NO/c1-5-8(6-2)10-7(3)9-4/h5-7,9H,1H2,2-4H3/b8-6-. The van der Waals surface area contributed by atoms with Gasteiger partial charge < -0.3 is 4.74 Å². The highest BCUT2D eigenvalue weighted by molar-refractivity contribution is 5.06. The molecule has 0 spiro atoms. The van der Waals surface area contributed by atoms with Crippen LogP contribution in [0.1, 0.15) is 13.8 Å². The van der Waals surface area contributed by atoms with Gasteiger partial charge in [-0.25, -0.2) is 0 Å². The van der Waals surface area contributed by atoms with Crippen LogP contribution in [0.15, 0.2) is 24.5 Å². The zero-order valence-corrected chi connectivity index (χ0v) is 6.85. The van der Waals surface area contributed by atoms with Gasteiger partial charge in [-0.05, 0) is 33.0 Å². The van der Waals surface area contributed by atoms with Crippen LogP contribution in [0.5, 0.6) is 0 Å². The minimum Gasteiger partial charge on any atom is -0.476 e. The number of rotatable bonds is 4. The Hall–Kier alpha value is -0.760. The fraction of sp³-hybridized carbons (Fsp3) is 0.500. The summed E-state index contributed by atoms with van der Waals surface area (Å²) in [5, 5.41) is 2.95. The predicted octanol–water partition coefficient (Wildman–Crippen LogP) is 1.66. The van der Waals surface area contributed by atoms with E-state index in [2.05, 4.69) is 11.9 Å². The van der Waals surface area contributed by atoms with Gasteiger partial charge in [-0.15, -0.1) is 0 Å². The Bertz CT molecular complexity index is 129. The Labute approximate surface area is 62.6 Å². The normalized spacial score (nSPS) is 14.5. The van der Waals surface area contributed by atoms with Crippen molar-refractivity contribution in [1.82, 2.24) is 5.32 Å². The molecule has 10 heavy (non-hydrogen) atoms. The quantitative estimate of drug-likeness (QED) is 0.365. The van der Waals surface area contributed by atoms with E-state index in [1.54, 1.807) is 6.08 Å². The predicted molar refractivity (Wildman–Crippen MR) is 43.6 cm³/mol. The van der Waals surface area contributed by atoms with Gasteiger partial charge in [0.25, 0.3) is 0 Å². The van der Waals surface area contributed by atoms with Gasteiger partial charge in [0, 0.05) is 0 Å². The molecule has 0 aromatic heterocycles. The molecule has 0 aromatic carbocycles.